The largest absolute Gasteiger partial charge is 0.342 e. The molecule has 110 valence electrons. The first kappa shape index (κ1) is 13.6. The molecule has 0 unspecified atom stereocenters. The quantitative estimate of drug-likeness (QED) is 0.909. The summed E-state index contributed by atoms with van der Waals surface area (Å²) < 4.78 is 0. The van der Waals surface area contributed by atoms with Crippen LogP contribution in [0.25, 0.3) is 0 Å². The van der Waals surface area contributed by atoms with Gasteiger partial charge in [-0.1, -0.05) is 0 Å². The van der Waals surface area contributed by atoms with Gasteiger partial charge in [-0.3, -0.25) is 9.89 Å². The number of aromatic nitrogens is 2. The van der Waals surface area contributed by atoms with Crippen LogP contribution in [0, 0.1) is 5.92 Å². The van der Waals surface area contributed by atoms with Crippen LogP contribution in [0.5, 0.6) is 0 Å². The molecule has 1 N–H and O–H groups in total. The summed E-state index contributed by atoms with van der Waals surface area (Å²) in [7, 11) is 4.20. The van der Waals surface area contributed by atoms with E-state index in [9.17, 15) is 4.79 Å². The molecule has 1 amide bonds. The van der Waals surface area contributed by atoms with E-state index >= 15 is 0 Å². The zero-order valence-corrected chi connectivity index (χ0v) is 12.4. The van der Waals surface area contributed by atoms with Crippen molar-refractivity contribution in [1.82, 2.24) is 20.0 Å². The Morgan fingerprint density at radius 3 is 2.60 bits per heavy atom. The van der Waals surface area contributed by atoms with Crippen LogP contribution in [0.1, 0.15) is 37.2 Å². The minimum atomic E-state index is 0.271. The number of nitrogens with zero attached hydrogens (tertiary/aromatic N) is 3. The highest BCUT2D eigenvalue weighted by molar-refractivity contribution is 5.80. The molecule has 0 spiro atoms. The van der Waals surface area contributed by atoms with Crippen LogP contribution < -0.4 is 0 Å². The van der Waals surface area contributed by atoms with E-state index in [1.54, 1.807) is 0 Å². The summed E-state index contributed by atoms with van der Waals surface area (Å²) in [5, 5.41) is 6.89. The van der Waals surface area contributed by atoms with Crippen LogP contribution in [0.3, 0.4) is 0 Å². The van der Waals surface area contributed by atoms with Gasteiger partial charge < -0.3 is 9.80 Å². The van der Waals surface area contributed by atoms with E-state index in [0.29, 0.717) is 17.9 Å². The smallest absolute Gasteiger partial charge is 0.225 e. The molecule has 1 saturated carbocycles. The fraction of sp³-hybridized carbons (Fsp3) is 0.733. The topological polar surface area (TPSA) is 52.2 Å². The van der Waals surface area contributed by atoms with Crippen molar-refractivity contribution >= 4 is 5.91 Å². The molecule has 5 heteroatoms. The molecule has 3 rings (SSSR count). The molecule has 0 bridgehead atoms. The molecule has 2 fully saturated rings. The number of carbonyl (C=O) groups is 1. The minimum Gasteiger partial charge on any atom is -0.342 e. The molecule has 1 aromatic heterocycles. The predicted molar refractivity (Wildman–Crippen MR) is 77.3 cm³/mol. The van der Waals surface area contributed by atoms with Gasteiger partial charge in [0.15, 0.2) is 0 Å². The van der Waals surface area contributed by atoms with Gasteiger partial charge in [-0.15, -0.1) is 0 Å². The Hall–Kier alpha value is -1.36. The first-order valence-electron chi connectivity index (χ1n) is 7.59. The van der Waals surface area contributed by atoms with Crippen LogP contribution in [0.4, 0.5) is 0 Å². The third kappa shape index (κ3) is 2.59. The molecule has 1 aliphatic carbocycles. The Morgan fingerprint density at radius 2 is 2.05 bits per heavy atom. The molecule has 0 atom stereocenters. The Morgan fingerprint density at radius 1 is 1.35 bits per heavy atom. The highest BCUT2D eigenvalue weighted by atomic mass is 16.2. The number of amides is 1. The highest BCUT2D eigenvalue weighted by Crippen LogP contribution is 2.34. The molecule has 1 aliphatic heterocycles. The lowest BCUT2D eigenvalue weighted by Crippen LogP contribution is -2.49. The molecule has 1 saturated heterocycles. The van der Waals surface area contributed by atoms with Crippen molar-refractivity contribution in [3.05, 3.63) is 18.0 Å². The van der Waals surface area contributed by atoms with Gasteiger partial charge in [-0.05, 0) is 51.3 Å². The number of H-pyrrole nitrogens is 1. The lowest BCUT2D eigenvalue weighted by atomic mass is 9.78. The second kappa shape index (κ2) is 5.56. The van der Waals surface area contributed by atoms with Crippen molar-refractivity contribution in [3.8, 4) is 0 Å². The summed E-state index contributed by atoms with van der Waals surface area (Å²) in [5.74, 6) is 1.22. The van der Waals surface area contributed by atoms with Gasteiger partial charge in [-0.25, -0.2) is 0 Å². The van der Waals surface area contributed by atoms with Gasteiger partial charge >= 0.3 is 0 Å². The standard InChI is InChI=1S/C15H24N4O/c1-18(2)14-7-12(8-14)15(20)19-5-3-11(4-6-19)13-9-16-17-10-13/h9-12,14H,3-8H2,1-2H3,(H,16,17). The molecular formula is C15H24N4O. The van der Waals surface area contributed by atoms with E-state index in [0.717, 1.165) is 38.8 Å². The molecular weight excluding hydrogens is 252 g/mol. The molecule has 0 radical (unpaired) electrons. The van der Waals surface area contributed by atoms with E-state index < -0.39 is 0 Å². The lowest BCUT2D eigenvalue weighted by molar-refractivity contribution is -0.141. The van der Waals surface area contributed by atoms with E-state index in [1.807, 2.05) is 12.4 Å². The third-order valence-corrected chi connectivity index (χ3v) is 4.99. The third-order valence-electron chi connectivity index (χ3n) is 4.99. The highest BCUT2D eigenvalue weighted by Gasteiger charge is 2.38. The summed E-state index contributed by atoms with van der Waals surface area (Å²) >= 11 is 0. The van der Waals surface area contributed by atoms with Crippen LogP contribution in [0.2, 0.25) is 0 Å². The first-order valence-corrected chi connectivity index (χ1v) is 7.59. The number of hydrogen-bond acceptors (Lipinski definition) is 3. The maximum absolute atomic E-state index is 12.4. The van der Waals surface area contributed by atoms with Crippen LogP contribution in [-0.4, -0.2) is 59.1 Å². The molecule has 2 aliphatic rings. The average Bonchev–Trinajstić information content (AvgIpc) is 2.90. The normalized spacial score (nSPS) is 27.6. The van der Waals surface area contributed by atoms with Gasteiger partial charge in [-0.2, -0.15) is 5.10 Å². The van der Waals surface area contributed by atoms with E-state index in [4.69, 9.17) is 0 Å². The lowest BCUT2D eigenvalue weighted by Gasteiger charge is -2.42. The fourth-order valence-electron chi connectivity index (χ4n) is 3.39. The number of piperidine rings is 1. The van der Waals surface area contributed by atoms with Crippen LogP contribution in [0.15, 0.2) is 12.4 Å². The maximum atomic E-state index is 12.4. The van der Waals surface area contributed by atoms with Crippen molar-refractivity contribution in [3.63, 3.8) is 0 Å². The molecule has 0 aromatic carbocycles. The monoisotopic (exact) mass is 276 g/mol. The summed E-state index contributed by atoms with van der Waals surface area (Å²) in [6.45, 7) is 1.80. The van der Waals surface area contributed by atoms with Crippen molar-refractivity contribution in [2.75, 3.05) is 27.2 Å². The van der Waals surface area contributed by atoms with E-state index in [-0.39, 0.29) is 5.92 Å². The molecule has 20 heavy (non-hydrogen) atoms. The summed E-state index contributed by atoms with van der Waals surface area (Å²) in [5.41, 5.74) is 1.29. The molecule has 1 aromatic rings. The Labute approximate surface area is 120 Å². The van der Waals surface area contributed by atoms with E-state index in [2.05, 4.69) is 34.1 Å². The number of aromatic amines is 1. The fourth-order valence-corrected chi connectivity index (χ4v) is 3.39. The maximum Gasteiger partial charge on any atom is 0.225 e. The number of hydrogen-bond donors (Lipinski definition) is 1. The average molecular weight is 276 g/mol. The number of carbonyl (C=O) groups excluding carboxylic acids is 1. The molecule has 5 nitrogen and oxygen atoms in total. The van der Waals surface area contributed by atoms with Gasteiger partial charge in [0, 0.05) is 31.2 Å². The van der Waals surface area contributed by atoms with Crippen molar-refractivity contribution in [2.24, 2.45) is 5.92 Å². The number of nitrogens with one attached hydrogen (secondary N) is 1. The van der Waals surface area contributed by atoms with Crippen LogP contribution >= 0.6 is 0 Å². The van der Waals surface area contributed by atoms with Crippen molar-refractivity contribution in [2.45, 2.75) is 37.6 Å². The van der Waals surface area contributed by atoms with Gasteiger partial charge in [0.05, 0.1) is 6.20 Å². The summed E-state index contributed by atoms with van der Waals surface area (Å²) in [6.07, 6.45) is 8.09. The van der Waals surface area contributed by atoms with Gasteiger partial charge in [0.25, 0.3) is 0 Å². The van der Waals surface area contributed by atoms with Gasteiger partial charge in [0.1, 0.15) is 0 Å². The Kier molecular flexibility index (Phi) is 3.78. The molecule has 2 heterocycles. The first-order chi connectivity index (χ1) is 9.65. The second-order valence-corrected chi connectivity index (χ2v) is 6.42. The zero-order chi connectivity index (χ0) is 14.1. The Bertz CT molecular complexity index is 442. The van der Waals surface area contributed by atoms with Crippen LogP contribution in [-0.2, 0) is 4.79 Å². The van der Waals surface area contributed by atoms with E-state index in [1.165, 1.54) is 5.56 Å². The zero-order valence-electron chi connectivity index (χ0n) is 12.4. The minimum absolute atomic E-state index is 0.271. The summed E-state index contributed by atoms with van der Waals surface area (Å²) in [6, 6.07) is 0.604. The predicted octanol–water partition coefficient (Wildman–Crippen LogP) is 1.46. The SMILES string of the molecule is CN(C)C1CC(C(=O)N2CCC(c3cn[nH]c3)CC2)C1. The van der Waals surface area contributed by atoms with Crippen molar-refractivity contribution < 1.29 is 4.79 Å². The van der Waals surface area contributed by atoms with Crippen molar-refractivity contribution in [1.29, 1.82) is 0 Å². The number of rotatable bonds is 3. The Balaban J connectivity index is 1.48. The van der Waals surface area contributed by atoms with Gasteiger partial charge in [0.2, 0.25) is 5.91 Å². The summed E-state index contributed by atoms with van der Waals surface area (Å²) in [4.78, 5) is 16.7. The second-order valence-electron chi connectivity index (χ2n) is 6.42. The number of likely N-dealkylation sites (tertiary alicyclic amines) is 1.